The zero-order valence-corrected chi connectivity index (χ0v) is 10.3. The van der Waals surface area contributed by atoms with Gasteiger partial charge in [-0.2, -0.15) is 0 Å². The van der Waals surface area contributed by atoms with E-state index in [-0.39, 0.29) is 5.75 Å². The minimum absolute atomic E-state index is 0.212. The first kappa shape index (κ1) is 12.9. The Morgan fingerprint density at radius 1 is 1.50 bits per heavy atom. The molecule has 0 fully saturated rings. The van der Waals surface area contributed by atoms with Crippen LogP contribution < -0.4 is 0 Å². The van der Waals surface area contributed by atoms with Gasteiger partial charge < -0.3 is 5.11 Å². The van der Waals surface area contributed by atoms with Crippen LogP contribution in [0, 0.1) is 12.8 Å². The molecule has 2 unspecified atom stereocenters. The van der Waals surface area contributed by atoms with Crippen molar-refractivity contribution in [3.05, 3.63) is 35.4 Å². The molecule has 0 saturated carbocycles. The van der Waals surface area contributed by atoms with Gasteiger partial charge in [-0.15, -0.1) is 0 Å². The van der Waals surface area contributed by atoms with E-state index in [4.69, 9.17) is 5.11 Å². The van der Waals surface area contributed by atoms with Gasteiger partial charge in [-0.1, -0.05) is 36.8 Å². The highest BCUT2D eigenvalue weighted by Gasteiger charge is 2.14. The molecule has 0 bridgehead atoms. The Labute approximate surface area is 98.0 Å². The van der Waals surface area contributed by atoms with Crippen LogP contribution in [0.5, 0.6) is 0 Å². The van der Waals surface area contributed by atoms with Gasteiger partial charge in [0.15, 0.2) is 0 Å². The molecular weight excluding hydrogens is 224 g/mol. The molecule has 4 heteroatoms. The summed E-state index contributed by atoms with van der Waals surface area (Å²) >= 11 is 0. The van der Waals surface area contributed by atoms with Crippen LogP contribution in [-0.2, 0) is 21.3 Å². The molecular formula is C12H16O3S. The van der Waals surface area contributed by atoms with Crippen molar-refractivity contribution in [3.63, 3.8) is 0 Å². The van der Waals surface area contributed by atoms with E-state index in [9.17, 15) is 9.00 Å². The molecule has 0 saturated heterocycles. The Morgan fingerprint density at radius 3 is 2.75 bits per heavy atom. The van der Waals surface area contributed by atoms with Crippen molar-refractivity contribution in [1.82, 2.24) is 0 Å². The molecule has 0 heterocycles. The third-order valence-corrected chi connectivity index (χ3v) is 3.79. The fourth-order valence-corrected chi connectivity index (χ4v) is 2.77. The molecule has 0 radical (unpaired) electrons. The van der Waals surface area contributed by atoms with Crippen molar-refractivity contribution in [2.24, 2.45) is 5.92 Å². The van der Waals surface area contributed by atoms with Crippen LogP contribution in [0.15, 0.2) is 24.3 Å². The number of aliphatic carboxylic acids is 1. The van der Waals surface area contributed by atoms with Crippen LogP contribution in [-0.4, -0.2) is 21.0 Å². The number of rotatable bonds is 5. The van der Waals surface area contributed by atoms with Gasteiger partial charge in [-0.3, -0.25) is 9.00 Å². The Bertz CT molecular complexity index is 401. The average Bonchev–Trinajstić information content (AvgIpc) is 2.16. The maximum absolute atomic E-state index is 11.7. The largest absolute Gasteiger partial charge is 0.481 e. The third-order valence-electron chi connectivity index (χ3n) is 2.27. The second-order valence-corrected chi connectivity index (χ2v) is 5.48. The molecule has 2 atom stereocenters. The highest BCUT2D eigenvalue weighted by atomic mass is 32.2. The normalized spacial score (nSPS) is 14.4. The summed E-state index contributed by atoms with van der Waals surface area (Å²) in [4.78, 5) is 10.6. The van der Waals surface area contributed by atoms with E-state index in [1.165, 1.54) is 0 Å². The Morgan fingerprint density at radius 2 is 2.19 bits per heavy atom. The molecule has 0 aromatic heterocycles. The number of carbonyl (C=O) groups is 1. The summed E-state index contributed by atoms with van der Waals surface area (Å²) in [5.41, 5.74) is 2.12. The second kappa shape index (κ2) is 5.80. The lowest BCUT2D eigenvalue weighted by molar-refractivity contribution is -0.140. The van der Waals surface area contributed by atoms with Crippen molar-refractivity contribution in [2.45, 2.75) is 19.6 Å². The van der Waals surface area contributed by atoms with Gasteiger partial charge in [0.1, 0.15) is 0 Å². The highest BCUT2D eigenvalue weighted by molar-refractivity contribution is 7.84. The van der Waals surface area contributed by atoms with Crippen molar-refractivity contribution < 1.29 is 14.1 Å². The number of hydrogen-bond donors (Lipinski definition) is 1. The Kier molecular flexibility index (Phi) is 4.68. The first-order valence-electron chi connectivity index (χ1n) is 5.12. The molecule has 0 aliphatic heterocycles. The number of carboxylic acid groups (broad SMARTS) is 1. The lowest BCUT2D eigenvalue weighted by Crippen LogP contribution is -2.18. The summed E-state index contributed by atoms with van der Waals surface area (Å²) in [6, 6.07) is 7.79. The predicted molar refractivity (Wildman–Crippen MR) is 64.7 cm³/mol. The van der Waals surface area contributed by atoms with E-state index in [0.29, 0.717) is 5.75 Å². The standard InChI is InChI=1S/C12H16O3S/c1-9-4-3-5-11(6-9)8-16(15)7-10(2)12(13)14/h3-6,10H,7-8H2,1-2H3,(H,13,14). The fourth-order valence-electron chi connectivity index (χ4n) is 1.40. The quantitative estimate of drug-likeness (QED) is 0.856. The van der Waals surface area contributed by atoms with E-state index in [2.05, 4.69) is 0 Å². The van der Waals surface area contributed by atoms with Crippen LogP contribution in [0.4, 0.5) is 0 Å². The van der Waals surface area contributed by atoms with Gasteiger partial charge in [0, 0.05) is 22.3 Å². The topological polar surface area (TPSA) is 54.4 Å². The van der Waals surface area contributed by atoms with E-state index in [1.807, 2.05) is 31.2 Å². The summed E-state index contributed by atoms with van der Waals surface area (Å²) in [5.74, 6) is -0.800. The molecule has 1 aromatic carbocycles. The number of hydrogen-bond acceptors (Lipinski definition) is 2. The molecule has 16 heavy (non-hydrogen) atoms. The van der Waals surface area contributed by atoms with Gasteiger partial charge in [0.25, 0.3) is 0 Å². The number of carboxylic acids is 1. The highest BCUT2D eigenvalue weighted by Crippen LogP contribution is 2.09. The van der Waals surface area contributed by atoms with Crippen LogP contribution >= 0.6 is 0 Å². The summed E-state index contributed by atoms with van der Waals surface area (Å²) in [6.07, 6.45) is 0. The van der Waals surface area contributed by atoms with Gasteiger partial charge >= 0.3 is 5.97 Å². The maximum atomic E-state index is 11.7. The Balaban J connectivity index is 2.55. The zero-order valence-electron chi connectivity index (χ0n) is 9.47. The van der Waals surface area contributed by atoms with Gasteiger partial charge in [0.2, 0.25) is 0 Å². The zero-order chi connectivity index (χ0) is 12.1. The lowest BCUT2D eigenvalue weighted by atomic mass is 10.2. The number of aryl methyl sites for hydroxylation is 1. The van der Waals surface area contributed by atoms with Crippen molar-refractivity contribution in [3.8, 4) is 0 Å². The van der Waals surface area contributed by atoms with Crippen molar-refractivity contribution in [1.29, 1.82) is 0 Å². The van der Waals surface area contributed by atoms with Crippen molar-refractivity contribution in [2.75, 3.05) is 5.75 Å². The monoisotopic (exact) mass is 240 g/mol. The molecule has 0 aliphatic carbocycles. The van der Waals surface area contributed by atoms with Crippen LogP contribution in [0.1, 0.15) is 18.1 Å². The molecule has 1 N–H and O–H groups in total. The second-order valence-electron chi connectivity index (χ2n) is 3.98. The molecule has 3 nitrogen and oxygen atoms in total. The van der Waals surface area contributed by atoms with E-state index < -0.39 is 22.7 Å². The maximum Gasteiger partial charge on any atom is 0.307 e. The van der Waals surface area contributed by atoms with Gasteiger partial charge in [-0.05, 0) is 12.5 Å². The van der Waals surface area contributed by atoms with Crippen LogP contribution in [0.3, 0.4) is 0 Å². The third kappa shape index (κ3) is 4.14. The van der Waals surface area contributed by atoms with Gasteiger partial charge in [0.05, 0.1) is 5.92 Å². The first-order valence-corrected chi connectivity index (χ1v) is 6.61. The molecule has 88 valence electrons. The minimum Gasteiger partial charge on any atom is -0.481 e. The Hall–Kier alpha value is -1.16. The molecule has 0 amide bonds. The predicted octanol–water partition coefficient (Wildman–Crippen LogP) is 1.96. The lowest BCUT2D eigenvalue weighted by Gasteiger charge is -2.06. The summed E-state index contributed by atoms with van der Waals surface area (Å²) < 4.78 is 11.7. The van der Waals surface area contributed by atoms with Crippen LogP contribution in [0.25, 0.3) is 0 Å². The number of benzene rings is 1. The van der Waals surface area contributed by atoms with E-state index in [1.54, 1.807) is 6.92 Å². The molecule has 1 aromatic rings. The van der Waals surface area contributed by atoms with Crippen LogP contribution in [0.2, 0.25) is 0 Å². The SMILES string of the molecule is Cc1cccc(CS(=O)CC(C)C(=O)O)c1. The summed E-state index contributed by atoms with van der Waals surface area (Å²) in [7, 11) is -1.11. The first-order chi connectivity index (χ1) is 7.49. The fraction of sp³-hybridized carbons (Fsp3) is 0.417. The summed E-state index contributed by atoms with van der Waals surface area (Å²) in [5, 5.41) is 8.71. The molecule has 1 rings (SSSR count). The summed E-state index contributed by atoms with van der Waals surface area (Å²) in [6.45, 7) is 3.56. The van der Waals surface area contributed by atoms with Gasteiger partial charge in [-0.25, -0.2) is 0 Å². The smallest absolute Gasteiger partial charge is 0.307 e. The van der Waals surface area contributed by atoms with E-state index >= 15 is 0 Å². The molecule has 0 aliphatic rings. The average molecular weight is 240 g/mol. The van der Waals surface area contributed by atoms with Crippen molar-refractivity contribution >= 4 is 16.8 Å². The van der Waals surface area contributed by atoms with E-state index in [0.717, 1.165) is 11.1 Å². The molecule has 0 spiro atoms. The minimum atomic E-state index is -1.11.